The van der Waals surface area contributed by atoms with Crippen LogP contribution in [0.4, 0.5) is 11.4 Å². The van der Waals surface area contributed by atoms with Gasteiger partial charge in [0.1, 0.15) is 0 Å². The van der Waals surface area contributed by atoms with E-state index in [1.807, 2.05) is 12.1 Å². The van der Waals surface area contributed by atoms with Crippen LogP contribution in [0.15, 0.2) is 47.4 Å². The molecule has 0 unspecified atom stereocenters. The summed E-state index contributed by atoms with van der Waals surface area (Å²) in [6.07, 6.45) is 0.615. The van der Waals surface area contributed by atoms with Crippen molar-refractivity contribution in [3.05, 3.63) is 63.2 Å². The van der Waals surface area contributed by atoms with E-state index in [4.69, 9.17) is 17.3 Å². The number of thioether (sulfide) groups is 1. The van der Waals surface area contributed by atoms with Crippen LogP contribution in [-0.2, 0) is 6.42 Å². The van der Waals surface area contributed by atoms with E-state index in [9.17, 15) is 10.1 Å². The lowest BCUT2D eigenvalue weighted by Gasteiger charge is -2.06. The maximum atomic E-state index is 10.9. The molecule has 2 aromatic rings. The molecule has 0 aliphatic heterocycles. The highest BCUT2D eigenvalue weighted by Crippen LogP contribution is 2.29. The van der Waals surface area contributed by atoms with Crippen molar-refractivity contribution >= 4 is 34.7 Å². The molecule has 0 fully saturated rings. The number of nitrogens with zero attached hydrogens (tertiary/aromatic N) is 1. The Bertz CT molecular complexity index is 634. The molecule has 2 rings (SSSR count). The van der Waals surface area contributed by atoms with Gasteiger partial charge in [-0.2, -0.15) is 0 Å². The monoisotopic (exact) mass is 308 g/mol. The maximum absolute atomic E-state index is 10.9. The van der Waals surface area contributed by atoms with Gasteiger partial charge in [0.25, 0.3) is 5.69 Å². The van der Waals surface area contributed by atoms with Crippen molar-refractivity contribution in [3.63, 3.8) is 0 Å². The number of aryl methyl sites for hydroxylation is 1. The van der Waals surface area contributed by atoms with Gasteiger partial charge in [0, 0.05) is 33.0 Å². The van der Waals surface area contributed by atoms with Crippen molar-refractivity contribution in [1.82, 2.24) is 0 Å². The Hall–Kier alpha value is -1.72. The van der Waals surface area contributed by atoms with E-state index in [1.165, 1.54) is 6.07 Å². The van der Waals surface area contributed by atoms with Crippen molar-refractivity contribution in [2.45, 2.75) is 11.3 Å². The molecule has 0 atom stereocenters. The molecule has 0 spiro atoms. The van der Waals surface area contributed by atoms with Gasteiger partial charge in [-0.05, 0) is 24.6 Å². The Labute approximate surface area is 126 Å². The normalized spacial score (nSPS) is 10.4. The zero-order valence-corrected chi connectivity index (χ0v) is 12.2. The summed E-state index contributed by atoms with van der Waals surface area (Å²) in [6.45, 7) is 0. The first-order valence-corrected chi connectivity index (χ1v) is 7.34. The van der Waals surface area contributed by atoms with Gasteiger partial charge in [-0.15, -0.1) is 11.8 Å². The van der Waals surface area contributed by atoms with E-state index in [0.29, 0.717) is 17.1 Å². The molecule has 6 heteroatoms. The second-order valence-corrected chi connectivity index (χ2v) is 5.74. The van der Waals surface area contributed by atoms with Gasteiger partial charge in [0.05, 0.1) is 4.92 Å². The average molecular weight is 309 g/mol. The Morgan fingerprint density at radius 2 is 2.00 bits per heavy atom. The maximum Gasteiger partial charge on any atom is 0.272 e. The molecule has 0 bridgehead atoms. The molecule has 0 amide bonds. The van der Waals surface area contributed by atoms with E-state index in [2.05, 4.69) is 0 Å². The number of rotatable bonds is 5. The Balaban J connectivity index is 2.01. The summed E-state index contributed by atoms with van der Waals surface area (Å²) in [7, 11) is 0. The minimum absolute atomic E-state index is 0.164. The summed E-state index contributed by atoms with van der Waals surface area (Å²) in [6, 6.07) is 12.1. The number of benzene rings is 2. The molecule has 2 N–H and O–H groups in total. The highest BCUT2D eigenvalue weighted by Gasteiger charge is 2.12. The summed E-state index contributed by atoms with van der Waals surface area (Å²) in [4.78, 5) is 11.5. The standard InChI is InChI=1S/C14H13ClN2O2S/c15-11-5-6-14(12(16)9-11)20-8-7-10-3-1-2-4-13(10)17(18)19/h1-6,9H,7-8,16H2. The number of nitrogen functional groups attached to an aromatic ring is 1. The number of nitrogens with two attached hydrogens (primary N) is 1. The van der Waals surface area contributed by atoms with Crippen LogP contribution in [0.1, 0.15) is 5.56 Å². The molecule has 0 aliphatic carbocycles. The first-order valence-electron chi connectivity index (χ1n) is 5.98. The van der Waals surface area contributed by atoms with Crippen molar-refractivity contribution in [3.8, 4) is 0 Å². The third kappa shape index (κ3) is 3.65. The smallest absolute Gasteiger partial charge is 0.272 e. The minimum Gasteiger partial charge on any atom is -0.398 e. The van der Waals surface area contributed by atoms with Crippen LogP contribution in [0.5, 0.6) is 0 Å². The van der Waals surface area contributed by atoms with E-state index in [0.717, 1.165) is 16.2 Å². The Kier molecular flexibility index (Phi) is 4.87. The fourth-order valence-corrected chi connectivity index (χ4v) is 2.93. The minimum atomic E-state index is -0.351. The van der Waals surface area contributed by atoms with Crippen LogP contribution in [0.2, 0.25) is 5.02 Å². The van der Waals surface area contributed by atoms with Crippen molar-refractivity contribution in [2.24, 2.45) is 0 Å². The molecule has 4 nitrogen and oxygen atoms in total. The second kappa shape index (κ2) is 6.63. The molecule has 0 saturated carbocycles. The van der Waals surface area contributed by atoms with Gasteiger partial charge < -0.3 is 5.73 Å². The lowest BCUT2D eigenvalue weighted by atomic mass is 10.1. The molecular weight excluding hydrogens is 296 g/mol. The number of halogens is 1. The molecule has 2 aromatic carbocycles. The second-order valence-electron chi connectivity index (χ2n) is 4.17. The number of hydrogen-bond acceptors (Lipinski definition) is 4. The van der Waals surface area contributed by atoms with Crippen LogP contribution in [0.25, 0.3) is 0 Å². The quantitative estimate of drug-likeness (QED) is 0.389. The lowest BCUT2D eigenvalue weighted by molar-refractivity contribution is -0.385. The van der Waals surface area contributed by atoms with Crippen LogP contribution in [0, 0.1) is 10.1 Å². The third-order valence-corrected chi connectivity index (χ3v) is 4.12. The number of nitro benzene ring substituents is 1. The van der Waals surface area contributed by atoms with Gasteiger partial charge in [0.2, 0.25) is 0 Å². The summed E-state index contributed by atoms with van der Waals surface area (Å²) >= 11 is 7.40. The summed E-state index contributed by atoms with van der Waals surface area (Å²) < 4.78 is 0. The van der Waals surface area contributed by atoms with Gasteiger partial charge in [0.15, 0.2) is 0 Å². The molecule has 0 saturated heterocycles. The molecule has 20 heavy (non-hydrogen) atoms. The zero-order chi connectivity index (χ0) is 14.5. The molecule has 0 heterocycles. The Morgan fingerprint density at radius 3 is 2.70 bits per heavy atom. The largest absolute Gasteiger partial charge is 0.398 e. The molecule has 104 valence electrons. The first kappa shape index (κ1) is 14.7. The van der Waals surface area contributed by atoms with Crippen molar-refractivity contribution < 1.29 is 4.92 Å². The topological polar surface area (TPSA) is 69.2 Å². The van der Waals surface area contributed by atoms with Crippen molar-refractivity contribution in [2.75, 3.05) is 11.5 Å². The summed E-state index contributed by atoms with van der Waals surface area (Å²) in [5.74, 6) is 0.719. The number of hydrogen-bond donors (Lipinski definition) is 1. The first-order chi connectivity index (χ1) is 9.58. The molecule has 0 radical (unpaired) electrons. The summed E-state index contributed by atoms with van der Waals surface area (Å²) in [5, 5.41) is 11.5. The van der Waals surface area contributed by atoms with E-state index >= 15 is 0 Å². The highest BCUT2D eigenvalue weighted by atomic mass is 35.5. The number of para-hydroxylation sites is 1. The summed E-state index contributed by atoms with van der Waals surface area (Å²) in [5.41, 5.74) is 7.39. The predicted molar refractivity (Wildman–Crippen MR) is 83.4 cm³/mol. The van der Waals surface area contributed by atoms with Crippen LogP contribution in [-0.4, -0.2) is 10.7 Å². The average Bonchev–Trinajstić information content (AvgIpc) is 2.41. The van der Waals surface area contributed by atoms with Gasteiger partial charge in [-0.25, -0.2) is 0 Å². The molecule has 0 aromatic heterocycles. The number of nitro groups is 1. The van der Waals surface area contributed by atoms with E-state index < -0.39 is 0 Å². The van der Waals surface area contributed by atoms with E-state index in [-0.39, 0.29) is 10.6 Å². The van der Waals surface area contributed by atoms with Gasteiger partial charge in [-0.3, -0.25) is 10.1 Å². The van der Waals surface area contributed by atoms with E-state index in [1.54, 1.807) is 36.0 Å². The van der Waals surface area contributed by atoms with Gasteiger partial charge >= 0.3 is 0 Å². The van der Waals surface area contributed by atoms with Crippen LogP contribution in [0.3, 0.4) is 0 Å². The van der Waals surface area contributed by atoms with Crippen LogP contribution >= 0.6 is 23.4 Å². The van der Waals surface area contributed by atoms with Gasteiger partial charge in [-0.1, -0.05) is 29.8 Å². The Morgan fingerprint density at radius 1 is 1.25 bits per heavy atom. The van der Waals surface area contributed by atoms with Crippen molar-refractivity contribution in [1.29, 1.82) is 0 Å². The highest BCUT2D eigenvalue weighted by molar-refractivity contribution is 7.99. The lowest BCUT2D eigenvalue weighted by Crippen LogP contribution is -1.97. The fraction of sp³-hybridized carbons (Fsp3) is 0.143. The SMILES string of the molecule is Nc1cc(Cl)ccc1SCCc1ccccc1[N+](=O)[O-]. The van der Waals surface area contributed by atoms with Crippen LogP contribution < -0.4 is 5.73 Å². The predicted octanol–water partition coefficient (Wildman–Crippen LogP) is 4.17. The zero-order valence-electron chi connectivity index (χ0n) is 10.6. The molecular formula is C14H13ClN2O2S. The molecule has 0 aliphatic rings. The number of anilines is 1. The third-order valence-electron chi connectivity index (χ3n) is 2.79. The fourth-order valence-electron chi connectivity index (χ4n) is 1.82.